The van der Waals surface area contributed by atoms with E-state index in [1.807, 2.05) is 6.07 Å². The second-order valence-corrected chi connectivity index (χ2v) is 5.56. The normalized spacial score (nSPS) is 19.4. The van der Waals surface area contributed by atoms with Gasteiger partial charge in [0.15, 0.2) is 11.5 Å². The largest absolute Gasteiger partial charge is 0.493 e. The number of ether oxygens (including phenoxy) is 2. The zero-order chi connectivity index (χ0) is 15.9. The number of alkyl halides is 2. The SMILES string of the molecule is COc1cc(CN2CCCCC2CCN)ccc1OC(F)F. The molecule has 1 aromatic carbocycles. The minimum atomic E-state index is -2.85. The van der Waals surface area contributed by atoms with Crippen LogP contribution in [-0.4, -0.2) is 37.8 Å². The van der Waals surface area contributed by atoms with Crippen LogP contribution in [0.5, 0.6) is 11.5 Å². The first-order valence-corrected chi connectivity index (χ1v) is 7.70. The van der Waals surface area contributed by atoms with Gasteiger partial charge in [-0.1, -0.05) is 12.5 Å². The van der Waals surface area contributed by atoms with Gasteiger partial charge in [0, 0.05) is 12.6 Å². The lowest BCUT2D eigenvalue weighted by molar-refractivity contribution is -0.0512. The Balaban J connectivity index is 2.08. The highest BCUT2D eigenvalue weighted by molar-refractivity contribution is 5.43. The van der Waals surface area contributed by atoms with Crippen molar-refractivity contribution < 1.29 is 18.3 Å². The highest BCUT2D eigenvalue weighted by Gasteiger charge is 2.22. The number of likely N-dealkylation sites (tertiary alicyclic amines) is 1. The number of hydrogen-bond donors (Lipinski definition) is 1. The Morgan fingerprint density at radius 1 is 1.32 bits per heavy atom. The van der Waals surface area contributed by atoms with Crippen LogP contribution in [0.25, 0.3) is 0 Å². The first-order valence-electron chi connectivity index (χ1n) is 7.70. The second kappa shape index (κ2) is 8.29. The van der Waals surface area contributed by atoms with Gasteiger partial charge in [-0.25, -0.2) is 0 Å². The average Bonchev–Trinajstić information content (AvgIpc) is 2.50. The lowest BCUT2D eigenvalue weighted by atomic mass is 9.98. The maximum absolute atomic E-state index is 12.3. The number of piperidine rings is 1. The third-order valence-electron chi connectivity index (χ3n) is 4.08. The van der Waals surface area contributed by atoms with Gasteiger partial charge in [0.2, 0.25) is 0 Å². The molecule has 0 aliphatic carbocycles. The topological polar surface area (TPSA) is 47.7 Å². The van der Waals surface area contributed by atoms with Gasteiger partial charge in [-0.2, -0.15) is 8.78 Å². The molecule has 6 heteroatoms. The summed E-state index contributed by atoms with van der Waals surface area (Å²) in [6.45, 7) is -0.347. The molecule has 2 N–H and O–H groups in total. The number of nitrogens with two attached hydrogens (primary N) is 1. The molecule has 1 aliphatic rings. The Hall–Kier alpha value is -1.40. The number of benzene rings is 1. The van der Waals surface area contributed by atoms with Gasteiger partial charge in [-0.15, -0.1) is 0 Å². The van der Waals surface area contributed by atoms with Gasteiger partial charge in [0.05, 0.1) is 7.11 Å². The van der Waals surface area contributed by atoms with Crippen molar-refractivity contribution in [2.75, 3.05) is 20.2 Å². The van der Waals surface area contributed by atoms with Crippen molar-refractivity contribution in [2.24, 2.45) is 5.73 Å². The minimum absolute atomic E-state index is 0.0680. The molecular weight excluding hydrogens is 290 g/mol. The van der Waals surface area contributed by atoms with Gasteiger partial charge >= 0.3 is 6.61 Å². The Morgan fingerprint density at radius 3 is 2.82 bits per heavy atom. The fraction of sp³-hybridized carbons (Fsp3) is 0.625. The molecule has 0 aromatic heterocycles. The molecule has 1 aromatic rings. The number of methoxy groups -OCH3 is 1. The molecule has 1 saturated heterocycles. The van der Waals surface area contributed by atoms with E-state index in [0.29, 0.717) is 18.3 Å². The number of nitrogens with zero attached hydrogens (tertiary/aromatic N) is 1. The third kappa shape index (κ3) is 4.55. The predicted molar refractivity (Wildman–Crippen MR) is 81.3 cm³/mol. The summed E-state index contributed by atoms with van der Waals surface area (Å²) >= 11 is 0. The van der Waals surface area contributed by atoms with Crippen molar-refractivity contribution >= 4 is 0 Å². The molecular formula is C16H24F2N2O2. The quantitative estimate of drug-likeness (QED) is 0.840. The second-order valence-electron chi connectivity index (χ2n) is 5.56. The molecule has 4 nitrogen and oxygen atoms in total. The third-order valence-corrected chi connectivity index (χ3v) is 4.08. The molecule has 1 aliphatic heterocycles. The molecule has 1 atom stereocenters. The van der Waals surface area contributed by atoms with E-state index in [0.717, 1.165) is 25.1 Å². The van der Waals surface area contributed by atoms with Crippen LogP contribution in [0.3, 0.4) is 0 Å². The van der Waals surface area contributed by atoms with Crippen LogP contribution in [-0.2, 0) is 6.54 Å². The number of rotatable bonds is 7. The van der Waals surface area contributed by atoms with Crippen molar-refractivity contribution in [1.29, 1.82) is 0 Å². The molecule has 22 heavy (non-hydrogen) atoms. The standard InChI is InChI=1S/C16H24F2N2O2/c1-21-15-10-12(5-6-14(15)22-16(17)18)11-20-9-3-2-4-13(20)7-8-19/h5-6,10,13,16H,2-4,7-9,11,19H2,1H3. The summed E-state index contributed by atoms with van der Waals surface area (Å²) in [5.74, 6) is 0.406. The van der Waals surface area contributed by atoms with Crippen molar-refractivity contribution in [1.82, 2.24) is 4.90 Å². The highest BCUT2D eigenvalue weighted by atomic mass is 19.3. The van der Waals surface area contributed by atoms with Gasteiger partial charge < -0.3 is 15.2 Å². The van der Waals surface area contributed by atoms with Gasteiger partial charge in [-0.05, 0) is 50.0 Å². The molecule has 2 rings (SSSR count). The molecule has 0 amide bonds. The molecule has 1 heterocycles. The van der Waals surface area contributed by atoms with Crippen molar-refractivity contribution in [2.45, 2.75) is 44.9 Å². The number of halogens is 2. The van der Waals surface area contributed by atoms with Crippen molar-refractivity contribution in [3.05, 3.63) is 23.8 Å². The molecule has 1 fully saturated rings. The van der Waals surface area contributed by atoms with E-state index in [1.54, 1.807) is 12.1 Å². The Morgan fingerprint density at radius 2 is 2.14 bits per heavy atom. The van der Waals surface area contributed by atoms with Crippen LogP contribution >= 0.6 is 0 Å². The fourth-order valence-corrected chi connectivity index (χ4v) is 3.03. The summed E-state index contributed by atoms with van der Waals surface area (Å²) < 4.78 is 34.3. The number of hydrogen-bond acceptors (Lipinski definition) is 4. The summed E-state index contributed by atoms with van der Waals surface area (Å²) in [5, 5.41) is 0. The maximum Gasteiger partial charge on any atom is 0.387 e. The highest BCUT2D eigenvalue weighted by Crippen LogP contribution is 2.31. The monoisotopic (exact) mass is 314 g/mol. The average molecular weight is 314 g/mol. The van der Waals surface area contributed by atoms with Crippen molar-refractivity contribution in [3.63, 3.8) is 0 Å². The summed E-state index contributed by atoms with van der Waals surface area (Å²) in [5.41, 5.74) is 6.72. The minimum Gasteiger partial charge on any atom is -0.493 e. The van der Waals surface area contributed by atoms with Crippen LogP contribution in [0.1, 0.15) is 31.2 Å². The first kappa shape index (κ1) is 17.0. The maximum atomic E-state index is 12.3. The van der Waals surface area contributed by atoms with E-state index in [2.05, 4.69) is 9.64 Å². The van der Waals surface area contributed by atoms with Crippen molar-refractivity contribution in [3.8, 4) is 11.5 Å². The first-order chi connectivity index (χ1) is 10.6. The van der Waals surface area contributed by atoms with E-state index in [9.17, 15) is 8.78 Å². The van der Waals surface area contributed by atoms with Gasteiger partial charge in [0.1, 0.15) is 0 Å². The smallest absolute Gasteiger partial charge is 0.387 e. The van der Waals surface area contributed by atoms with E-state index >= 15 is 0 Å². The van der Waals surface area contributed by atoms with Crippen LogP contribution < -0.4 is 15.2 Å². The zero-order valence-corrected chi connectivity index (χ0v) is 12.9. The molecule has 0 saturated carbocycles. The summed E-state index contributed by atoms with van der Waals surface area (Å²) in [4.78, 5) is 2.42. The van der Waals surface area contributed by atoms with Crippen LogP contribution in [0.4, 0.5) is 8.78 Å². The van der Waals surface area contributed by atoms with E-state index < -0.39 is 6.61 Å². The Kier molecular flexibility index (Phi) is 6.39. The molecule has 0 bridgehead atoms. The van der Waals surface area contributed by atoms with E-state index in [1.165, 1.54) is 26.4 Å². The van der Waals surface area contributed by atoms with Crippen LogP contribution in [0, 0.1) is 0 Å². The molecule has 1 unspecified atom stereocenters. The molecule has 0 radical (unpaired) electrons. The summed E-state index contributed by atoms with van der Waals surface area (Å²) in [7, 11) is 1.45. The predicted octanol–water partition coefficient (Wildman–Crippen LogP) is 3.00. The van der Waals surface area contributed by atoms with E-state index in [-0.39, 0.29) is 5.75 Å². The van der Waals surface area contributed by atoms with E-state index in [4.69, 9.17) is 10.5 Å². The summed E-state index contributed by atoms with van der Waals surface area (Å²) in [6, 6.07) is 5.63. The summed E-state index contributed by atoms with van der Waals surface area (Å²) in [6.07, 6.45) is 4.58. The van der Waals surface area contributed by atoms with Crippen LogP contribution in [0.2, 0.25) is 0 Å². The van der Waals surface area contributed by atoms with Gasteiger partial charge in [0.25, 0.3) is 0 Å². The zero-order valence-electron chi connectivity index (χ0n) is 12.9. The lowest BCUT2D eigenvalue weighted by Crippen LogP contribution is -2.40. The molecule has 0 spiro atoms. The fourth-order valence-electron chi connectivity index (χ4n) is 3.03. The molecule has 124 valence electrons. The Bertz CT molecular complexity index is 469. The van der Waals surface area contributed by atoms with Crippen LogP contribution in [0.15, 0.2) is 18.2 Å². The van der Waals surface area contributed by atoms with Gasteiger partial charge in [-0.3, -0.25) is 4.90 Å². The Labute approximate surface area is 130 Å². The lowest BCUT2D eigenvalue weighted by Gasteiger charge is -2.35.